The molecule has 12 rings (SSSR count). The Morgan fingerprint density at radius 3 is 1.53 bits per heavy atom. The smallest absolute Gasteiger partial charge is 0.165 e. The number of nitrogens with zero attached hydrogens (tertiary/aromatic N) is 4. The molecule has 0 fully saturated rings. The number of thiophene rings is 1. The van der Waals surface area contributed by atoms with E-state index in [4.69, 9.17) is 15.0 Å². The molecule has 0 amide bonds. The van der Waals surface area contributed by atoms with Crippen LogP contribution in [0.2, 0.25) is 0 Å². The molecule has 0 spiro atoms. The maximum absolute atomic E-state index is 5.38. The van der Waals surface area contributed by atoms with Crippen LogP contribution in [0.15, 0.2) is 218 Å². The predicted molar refractivity (Wildman–Crippen MR) is 260 cm³/mol. The number of hydrogen-bond donors (Lipinski definition) is 0. The number of aromatic nitrogens is 4. The predicted octanol–water partition coefficient (Wildman–Crippen LogP) is 15.3. The van der Waals surface area contributed by atoms with E-state index >= 15 is 0 Å². The number of para-hydroxylation sites is 2. The summed E-state index contributed by atoms with van der Waals surface area (Å²) in [4.78, 5) is 16.1. The van der Waals surface area contributed by atoms with Crippen molar-refractivity contribution < 1.29 is 0 Å². The average molecular weight is 809 g/mol. The molecule has 0 aliphatic rings. The molecular weight excluding hydrogens is 773 g/mol. The summed E-state index contributed by atoms with van der Waals surface area (Å²) in [5.74, 6) is 1.91. The third-order valence-corrected chi connectivity index (χ3v) is 13.1. The summed E-state index contributed by atoms with van der Waals surface area (Å²) in [5.41, 5.74) is 13.0. The number of benzene rings is 9. The van der Waals surface area contributed by atoms with Crippen LogP contribution in [-0.4, -0.2) is 19.5 Å². The first-order valence-corrected chi connectivity index (χ1v) is 21.7. The van der Waals surface area contributed by atoms with Crippen molar-refractivity contribution in [2.24, 2.45) is 0 Å². The lowest BCUT2D eigenvalue weighted by Gasteiger charge is -2.15. The van der Waals surface area contributed by atoms with Gasteiger partial charge in [0.05, 0.1) is 11.0 Å². The summed E-state index contributed by atoms with van der Waals surface area (Å²) in [6.45, 7) is 0. The van der Waals surface area contributed by atoms with Gasteiger partial charge in [-0.1, -0.05) is 176 Å². The molecule has 0 saturated heterocycles. The summed E-state index contributed by atoms with van der Waals surface area (Å²) in [6, 6.07) is 77.4. The normalized spacial score (nSPS) is 11.5. The Labute approximate surface area is 362 Å². The molecule has 3 aromatic heterocycles. The zero-order chi connectivity index (χ0) is 41.0. The van der Waals surface area contributed by atoms with E-state index < -0.39 is 0 Å². The van der Waals surface area contributed by atoms with Crippen LogP contribution in [0.5, 0.6) is 0 Å². The van der Waals surface area contributed by atoms with Gasteiger partial charge in [0.15, 0.2) is 17.5 Å². The van der Waals surface area contributed by atoms with Gasteiger partial charge in [0, 0.05) is 53.3 Å². The molecule has 0 aliphatic heterocycles. The van der Waals surface area contributed by atoms with Gasteiger partial charge in [0.2, 0.25) is 0 Å². The van der Waals surface area contributed by atoms with Crippen molar-refractivity contribution in [3.05, 3.63) is 218 Å². The second kappa shape index (κ2) is 14.9. The summed E-state index contributed by atoms with van der Waals surface area (Å²) in [7, 11) is 0. The minimum atomic E-state index is 0.625. The summed E-state index contributed by atoms with van der Waals surface area (Å²) in [6.07, 6.45) is 0. The van der Waals surface area contributed by atoms with Crippen molar-refractivity contribution in [3.63, 3.8) is 0 Å². The first-order valence-electron chi connectivity index (χ1n) is 20.9. The van der Waals surface area contributed by atoms with Crippen molar-refractivity contribution in [2.75, 3.05) is 0 Å². The van der Waals surface area contributed by atoms with Crippen molar-refractivity contribution in [1.82, 2.24) is 19.5 Å². The van der Waals surface area contributed by atoms with Gasteiger partial charge in [0.1, 0.15) is 0 Å². The Balaban J connectivity index is 1.05. The molecule has 0 saturated carbocycles. The highest BCUT2D eigenvalue weighted by Gasteiger charge is 2.21. The molecule has 3 heterocycles. The Hall–Kier alpha value is -7.99. The van der Waals surface area contributed by atoms with E-state index in [9.17, 15) is 0 Å². The SMILES string of the molecule is c1ccc(-c2ccccc2-c2nc(-c3ccccc3-c3cccc(-c4cccc5c4c4ccccc4n5-c4ccccc4)c3)nc(-c3cccc4c3sc3ccccc34)n2)cc1. The first kappa shape index (κ1) is 35.9. The second-order valence-electron chi connectivity index (χ2n) is 15.5. The molecule has 5 heteroatoms. The fourth-order valence-electron chi connectivity index (χ4n) is 9.11. The van der Waals surface area contributed by atoms with Crippen LogP contribution in [0.3, 0.4) is 0 Å². The Morgan fingerprint density at radius 1 is 0.323 bits per heavy atom. The van der Waals surface area contributed by atoms with Gasteiger partial charge < -0.3 is 4.57 Å². The quantitative estimate of drug-likeness (QED) is 0.161. The molecule has 0 unspecified atom stereocenters. The fraction of sp³-hybridized carbons (Fsp3) is 0. The van der Waals surface area contributed by atoms with Crippen molar-refractivity contribution in [3.8, 4) is 73.2 Å². The van der Waals surface area contributed by atoms with Crippen molar-refractivity contribution in [1.29, 1.82) is 0 Å². The van der Waals surface area contributed by atoms with Crippen LogP contribution in [-0.2, 0) is 0 Å². The van der Waals surface area contributed by atoms with E-state index in [1.807, 2.05) is 6.07 Å². The van der Waals surface area contributed by atoms with Gasteiger partial charge in [-0.05, 0) is 75.8 Å². The van der Waals surface area contributed by atoms with Crippen molar-refractivity contribution >= 4 is 53.3 Å². The number of fused-ring (bicyclic) bond motifs is 6. The molecule has 4 nitrogen and oxygen atoms in total. The maximum Gasteiger partial charge on any atom is 0.165 e. The van der Waals surface area contributed by atoms with Crippen LogP contribution in [0.1, 0.15) is 0 Å². The topological polar surface area (TPSA) is 43.6 Å². The standard InChI is InChI=1S/C57H36N4S/c1-3-18-37(19-4-1)41-24-7-9-27-46(41)55-58-56(60-57(59-55)49-32-16-31-45-44-26-12-14-35-52(44)62-54(45)49)47-28-10-8-25-42(47)38-20-15-21-39(36-38)43-30-17-34-51-53(43)48-29-11-13-33-50(48)61(51)40-22-5-2-6-23-40/h1-36H. The lowest BCUT2D eigenvalue weighted by molar-refractivity contribution is 1.08. The number of hydrogen-bond acceptors (Lipinski definition) is 4. The van der Waals surface area contributed by atoms with Gasteiger partial charge in [-0.2, -0.15) is 0 Å². The molecular formula is C57H36N4S. The summed E-state index contributed by atoms with van der Waals surface area (Å²) in [5, 5.41) is 4.90. The third kappa shape index (κ3) is 6.01. The van der Waals surface area contributed by atoms with Gasteiger partial charge in [-0.25, -0.2) is 15.0 Å². The van der Waals surface area contributed by atoms with E-state index in [1.165, 1.54) is 42.8 Å². The monoisotopic (exact) mass is 808 g/mol. The van der Waals surface area contributed by atoms with Gasteiger partial charge in [-0.3, -0.25) is 0 Å². The van der Waals surface area contributed by atoms with E-state index in [-0.39, 0.29) is 0 Å². The van der Waals surface area contributed by atoms with E-state index in [2.05, 4.69) is 217 Å². The molecule has 0 aliphatic carbocycles. The average Bonchev–Trinajstić information content (AvgIpc) is 3.91. The maximum atomic E-state index is 5.38. The van der Waals surface area contributed by atoms with E-state index in [0.29, 0.717) is 17.5 Å². The molecule has 9 aromatic carbocycles. The molecule has 0 radical (unpaired) electrons. The van der Waals surface area contributed by atoms with Crippen LogP contribution in [0, 0.1) is 0 Å². The van der Waals surface area contributed by atoms with E-state index in [0.717, 1.165) is 54.9 Å². The van der Waals surface area contributed by atoms with Gasteiger partial charge in [0.25, 0.3) is 0 Å². The summed E-state index contributed by atoms with van der Waals surface area (Å²) < 4.78 is 4.78. The second-order valence-corrected chi connectivity index (χ2v) is 16.6. The summed E-state index contributed by atoms with van der Waals surface area (Å²) >= 11 is 1.79. The van der Waals surface area contributed by atoms with Crippen molar-refractivity contribution in [2.45, 2.75) is 0 Å². The Morgan fingerprint density at radius 2 is 0.790 bits per heavy atom. The minimum Gasteiger partial charge on any atom is -0.309 e. The third-order valence-electron chi connectivity index (χ3n) is 11.9. The molecule has 0 atom stereocenters. The van der Waals surface area contributed by atoms with Crippen LogP contribution in [0.25, 0.3) is 115 Å². The van der Waals surface area contributed by atoms with Gasteiger partial charge in [-0.15, -0.1) is 11.3 Å². The van der Waals surface area contributed by atoms with Crippen LogP contribution >= 0.6 is 11.3 Å². The number of rotatable bonds is 7. The highest BCUT2D eigenvalue weighted by atomic mass is 32.1. The lowest BCUT2D eigenvalue weighted by Crippen LogP contribution is -2.02. The minimum absolute atomic E-state index is 0.625. The molecule has 12 aromatic rings. The van der Waals surface area contributed by atoms with Crippen LogP contribution in [0.4, 0.5) is 0 Å². The molecule has 0 N–H and O–H groups in total. The van der Waals surface area contributed by atoms with E-state index in [1.54, 1.807) is 11.3 Å². The lowest BCUT2D eigenvalue weighted by atomic mass is 9.93. The zero-order valence-electron chi connectivity index (χ0n) is 33.5. The Kier molecular flexibility index (Phi) is 8.65. The molecule has 290 valence electrons. The van der Waals surface area contributed by atoms with Crippen LogP contribution < -0.4 is 0 Å². The first-order chi connectivity index (χ1) is 30.8. The zero-order valence-corrected chi connectivity index (χ0v) is 34.3. The highest BCUT2D eigenvalue weighted by molar-refractivity contribution is 7.26. The Bertz CT molecular complexity index is 3640. The highest BCUT2D eigenvalue weighted by Crippen LogP contribution is 2.43. The fourth-order valence-corrected chi connectivity index (χ4v) is 10.3. The largest absolute Gasteiger partial charge is 0.309 e. The molecule has 62 heavy (non-hydrogen) atoms. The van der Waals surface area contributed by atoms with Gasteiger partial charge >= 0.3 is 0 Å². The molecule has 0 bridgehead atoms.